The van der Waals surface area contributed by atoms with Gasteiger partial charge in [-0.15, -0.1) is 0 Å². The fourth-order valence-corrected chi connectivity index (χ4v) is 5.58. The van der Waals surface area contributed by atoms with Crippen molar-refractivity contribution in [3.63, 3.8) is 0 Å². The highest BCUT2D eigenvalue weighted by Crippen LogP contribution is 2.34. The van der Waals surface area contributed by atoms with Crippen molar-refractivity contribution in [3.8, 4) is 17.3 Å². The van der Waals surface area contributed by atoms with E-state index in [0.717, 1.165) is 21.3 Å². The molecule has 12 nitrogen and oxygen atoms in total. The summed E-state index contributed by atoms with van der Waals surface area (Å²) in [6.45, 7) is 1.83. The van der Waals surface area contributed by atoms with Crippen LogP contribution in [-0.4, -0.2) is 42.2 Å². The first-order valence-electron chi connectivity index (χ1n) is 11.8. The summed E-state index contributed by atoms with van der Waals surface area (Å²) in [4.78, 5) is 24.4. The van der Waals surface area contributed by atoms with E-state index < -0.39 is 32.4 Å². The number of aromatic nitrogens is 4. The largest absolute Gasteiger partial charge is 0.766 e. The number of rotatable bonds is 7. The lowest BCUT2D eigenvalue weighted by molar-refractivity contribution is 0.155. The molecule has 206 valence electrons. The van der Waals surface area contributed by atoms with Crippen LogP contribution in [0, 0.1) is 18.3 Å². The van der Waals surface area contributed by atoms with Crippen molar-refractivity contribution >= 4 is 43.9 Å². The molecule has 14 heteroatoms. The maximum absolute atomic E-state index is 13.7. The van der Waals surface area contributed by atoms with Crippen LogP contribution in [0.4, 0.5) is 10.5 Å². The SMILES string of the molecule is Cc1ccc(S(=O)(=O)n2cc(-c3nc(S(=O)[O-])ncc3C#N)c3cc(NC(=O)OCc4ccccc4)cnc32)cc1. The summed E-state index contributed by atoms with van der Waals surface area (Å²) >= 11 is -2.83. The number of nitriles is 1. The van der Waals surface area contributed by atoms with Gasteiger partial charge in [0.15, 0.2) is 5.65 Å². The molecule has 5 aromatic rings. The zero-order chi connectivity index (χ0) is 29.1. The van der Waals surface area contributed by atoms with Gasteiger partial charge in [-0.05, 0) is 30.7 Å². The van der Waals surface area contributed by atoms with Gasteiger partial charge >= 0.3 is 6.09 Å². The van der Waals surface area contributed by atoms with Crippen molar-refractivity contribution < 1.29 is 26.7 Å². The number of carbonyl (C=O) groups is 1. The van der Waals surface area contributed by atoms with Crippen LogP contribution in [0.3, 0.4) is 0 Å². The molecule has 0 radical (unpaired) electrons. The minimum absolute atomic E-state index is 0.0142. The first-order chi connectivity index (χ1) is 19.7. The van der Waals surface area contributed by atoms with Crippen LogP contribution in [-0.2, 0) is 32.4 Å². The lowest BCUT2D eigenvalue weighted by Gasteiger charge is -2.09. The molecule has 1 unspecified atom stereocenters. The number of ether oxygens (including phenoxy) is 1. The number of benzene rings is 2. The molecule has 2 aromatic carbocycles. The van der Waals surface area contributed by atoms with Crippen LogP contribution in [0.25, 0.3) is 22.3 Å². The summed E-state index contributed by atoms with van der Waals surface area (Å²) in [7, 11) is -4.20. The van der Waals surface area contributed by atoms with Crippen LogP contribution < -0.4 is 5.32 Å². The first-order valence-corrected chi connectivity index (χ1v) is 14.4. The Morgan fingerprint density at radius 1 is 1.12 bits per heavy atom. The van der Waals surface area contributed by atoms with E-state index in [-0.39, 0.29) is 45.0 Å². The van der Waals surface area contributed by atoms with Gasteiger partial charge in [0, 0.05) is 34.4 Å². The third kappa shape index (κ3) is 5.68. The molecule has 3 heterocycles. The topological polar surface area (TPSA) is 180 Å². The summed E-state index contributed by atoms with van der Waals surface area (Å²) < 4.78 is 56.6. The van der Waals surface area contributed by atoms with E-state index in [0.29, 0.717) is 0 Å². The van der Waals surface area contributed by atoms with Crippen LogP contribution >= 0.6 is 0 Å². The Morgan fingerprint density at radius 3 is 2.54 bits per heavy atom. The van der Waals surface area contributed by atoms with E-state index in [1.54, 1.807) is 24.3 Å². The number of hydrogen-bond donors (Lipinski definition) is 1. The smallest absolute Gasteiger partial charge is 0.412 e. The normalized spacial score (nSPS) is 12.0. The monoisotopic (exact) mass is 587 g/mol. The third-order valence-electron chi connectivity index (χ3n) is 5.94. The van der Waals surface area contributed by atoms with Crippen molar-refractivity contribution in [2.75, 3.05) is 5.32 Å². The number of fused-ring (bicyclic) bond motifs is 1. The van der Waals surface area contributed by atoms with Gasteiger partial charge in [-0.1, -0.05) is 48.0 Å². The van der Waals surface area contributed by atoms with E-state index >= 15 is 0 Å². The third-order valence-corrected chi connectivity index (χ3v) is 8.10. The van der Waals surface area contributed by atoms with Crippen LogP contribution in [0.5, 0.6) is 0 Å². The molecule has 0 saturated heterocycles. The van der Waals surface area contributed by atoms with Gasteiger partial charge < -0.3 is 9.29 Å². The molecule has 0 fully saturated rings. The van der Waals surface area contributed by atoms with Gasteiger partial charge in [-0.2, -0.15) is 5.26 Å². The Bertz CT molecular complexity index is 1950. The molecule has 0 bridgehead atoms. The fraction of sp³-hybridized carbons (Fsp3) is 0.0741. The minimum Gasteiger partial charge on any atom is -0.766 e. The van der Waals surface area contributed by atoms with Crippen molar-refractivity contribution in [2.45, 2.75) is 23.6 Å². The van der Waals surface area contributed by atoms with Crippen LogP contribution in [0.1, 0.15) is 16.7 Å². The van der Waals surface area contributed by atoms with Crippen molar-refractivity contribution in [1.29, 1.82) is 5.26 Å². The molecule has 5 rings (SSSR count). The molecule has 3 aromatic heterocycles. The maximum atomic E-state index is 13.7. The fourth-order valence-electron chi connectivity index (χ4n) is 3.95. The number of aryl methyl sites for hydroxylation is 1. The van der Waals surface area contributed by atoms with Gasteiger partial charge in [0.2, 0.25) is 5.16 Å². The van der Waals surface area contributed by atoms with Gasteiger partial charge in [0.25, 0.3) is 10.0 Å². The highest BCUT2D eigenvalue weighted by molar-refractivity contribution is 7.90. The van der Waals surface area contributed by atoms with E-state index in [4.69, 9.17) is 4.74 Å². The van der Waals surface area contributed by atoms with Crippen molar-refractivity contribution in [1.82, 2.24) is 18.9 Å². The summed E-state index contributed by atoms with van der Waals surface area (Å²) in [6, 6.07) is 18.5. The number of amides is 1. The molecule has 1 amide bonds. The summed E-state index contributed by atoms with van der Waals surface area (Å²) in [5, 5.41) is 11.8. The Kier molecular flexibility index (Phi) is 7.58. The molecule has 0 aliphatic rings. The van der Waals surface area contributed by atoms with Gasteiger partial charge in [0.1, 0.15) is 12.7 Å². The van der Waals surface area contributed by atoms with E-state index in [9.17, 15) is 27.2 Å². The zero-order valence-electron chi connectivity index (χ0n) is 21.2. The quantitative estimate of drug-likeness (QED) is 0.217. The number of hydrogen-bond acceptors (Lipinski definition) is 10. The van der Waals surface area contributed by atoms with Gasteiger partial charge in [-0.3, -0.25) is 9.53 Å². The second-order valence-corrected chi connectivity index (χ2v) is 11.3. The van der Waals surface area contributed by atoms with Gasteiger partial charge in [0.05, 0.1) is 28.0 Å². The number of nitrogens with zero attached hydrogens (tertiary/aromatic N) is 5. The Hall–Kier alpha value is -4.97. The average molecular weight is 588 g/mol. The molecule has 41 heavy (non-hydrogen) atoms. The number of anilines is 1. The van der Waals surface area contributed by atoms with Crippen LogP contribution in [0.15, 0.2) is 89.3 Å². The van der Waals surface area contributed by atoms with E-state index in [1.807, 2.05) is 31.2 Å². The zero-order valence-corrected chi connectivity index (χ0v) is 22.8. The van der Waals surface area contributed by atoms with E-state index in [1.165, 1.54) is 30.6 Å². The molecular formula is C27H19N6O6S2-. The summed E-state index contributed by atoms with van der Waals surface area (Å²) in [6.07, 6.45) is 2.69. The highest BCUT2D eigenvalue weighted by Gasteiger charge is 2.25. The lowest BCUT2D eigenvalue weighted by atomic mass is 10.1. The van der Waals surface area contributed by atoms with Crippen molar-refractivity contribution in [3.05, 3.63) is 95.9 Å². The van der Waals surface area contributed by atoms with E-state index in [2.05, 4.69) is 20.3 Å². The predicted molar refractivity (Wildman–Crippen MR) is 147 cm³/mol. The number of pyridine rings is 1. The summed E-state index contributed by atoms with van der Waals surface area (Å²) in [5.41, 5.74) is 1.58. The first kappa shape index (κ1) is 27.6. The molecular weight excluding hydrogens is 568 g/mol. The Balaban J connectivity index is 1.62. The molecule has 0 saturated carbocycles. The van der Waals surface area contributed by atoms with Gasteiger partial charge in [-0.25, -0.2) is 32.1 Å². The highest BCUT2D eigenvalue weighted by atomic mass is 32.2. The predicted octanol–water partition coefficient (Wildman–Crippen LogP) is 3.90. The van der Waals surface area contributed by atoms with Crippen LogP contribution in [0.2, 0.25) is 0 Å². The molecule has 1 atom stereocenters. The minimum atomic E-state index is -4.20. The number of nitrogens with one attached hydrogen (secondary N) is 1. The second-order valence-electron chi connectivity index (χ2n) is 8.70. The lowest BCUT2D eigenvalue weighted by Crippen LogP contribution is -2.14. The maximum Gasteiger partial charge on any atom is 0.412 e. The Labute approximate surface area is 236 Å². The average Bonchev–Trinajstić information content (AvgIpc) is 3.36. The molecule has 0 spiro atoms. The molecule has 0 aliphatic carbocycles. The standard InChI is InChI=1S/C27H20N6O6S2/c1-17-7-9-21(10-8-17)41(37,38)33-15-23(24-19(12-28)13-30-26(32-24)40(35)36)22-11-20(14-29-25(22)33)31-27(34)39-16-18-5-3-2-4-6-18/h2-11,13-15H,16H2,1H3,(H,31,34)(H,35,36)/p-1. The Morgan fingerprint density at radius 2 is 1.85 bits per heavy atom. The molecule has 0 aliphatic heterocycles. The summed E-state index contributed by atoms with van der Waals surface area (Å²) in [5.74, 6) is 0. The second kappa shape index (κ2) is 11.3. The number of carbonyl (C=O) groups excluding carboxylic acids is 1. The van der Waals surface area contributed by atoms with Crippen molar-refractivity contribution in [2.24, 2.45) is 0 Å². The molecule has 1 N–H and O–H groups in total.